The van der Waals surface area contributed by atoms with Gasteiger partial charge in [0.25, 0.3) is 0 Å². The van der Waals surface area contributed by atoms with E-state index in [4.69, 9.17) is 0 Å². The van der Waals surface area contributed by atoms with Crippen molar-refractivity contribution < 1.29 is 9.59 Å². The summed E-state index contributed by atoms with van der Waals surface area (Å²) in [4.78, 5) is 22.4. The van der Waals surface area contributed by atoms with E-state index in [-0.39, 0.29) is 17.5 Å². The molecule has 0 fully saturated rings. The Kier molecular flexibility index (Phi) is 7.27. The smallest absolute Gasteiger partial charge is 0.133 e. The summed E-state index contributed by atoms with van der Waals surface area (Å²) >= 11 is 0. The van der Waals surface area contributed by atoms with Gasteiger partial charge >= 0.3 is 0 Å². The molecule has 0 bridgehead atoms. The van der Waals surface area contributed by atoms with Crippen LogP contribution in [0.3, 0.4) is 0 Å². The standard InChI is InChI=1S/C13H24O2/c1-5-6-7-8-10(2)13(12(4)15)9-11(3)14/h10,13H,5-9H2,1-4H3. The minimum Gasteiger partial charge on any atom is -0.300 e. The van der Waals surface area contributed by atoms with Gasteiger partial charge in [-0.1, -0.05) is 39.5 Å². The summed E-state index contributed by atoms with van der Waals surface area (Å²) in [7, 11) is 0. The summed E-state index contributed by atoms with van der Waals surface area (Å²) in [6.07, 6.45) is 5.06. The van der Waals surface area contributed by atoms with Gasteiger partial charge in [-0.3, -0.25) is 4.79 Å². The minimum absolute atomic E-state index is 0.0562. The number of carbonyl (C=O) groups is 2. The van der Waals surface area contributed by atoms with E-state index >= 15 is 0 Å². The predicted octanol–water partition coefficient (Wildman–Crippen LogP) is 3.39. The summed E-state index contributed by atoms with van der Waals surface area (Å²) in [5.41, 5.74) is 0. The molecular weight excluding hydrogens is 188 g/mol. The molecule has 2 nitrogen and oxygen atoms in total. The van der Waals surface area contributed by atoms with E-state index in [9.17, 15) is 9.59 Å². The normalized spacial score (nSPS) is 14.7. The van der Waals surface area contributed by atoms with Crippen molar-refractivity contribution in [3.8, 4) is 0 Å². The average molecular weight is 212 g/mol. The van der Waals surface area contributed by atoms with Crippen molar-refractivity contribution in [2.75, 3.05) is 0 Å². The molecule has 0 radical (unpaired) electrons. The van der Waals surface area contributed by atoms with Gasteiger partial charge in [0, 0.05) is 12.3 Å². The van der Waals surface area contributed by atoms with E-state index < -0.39 is 0 Å². The lowest BCUT2D eigenvalue weighted by Crippen LogP contribution is -2.22. The van der Waals surface area contributed by atoms with Crippen molar-refractivity contribution in [3.05, 3.63) is 0 Å². The Morgan fingerprint density at radius 2 is 1.73 bits per heavy atom. The fourth-order valence-electron chi connectivity index (χ4n) is 1.97. The van der Waals surface area contributed by atoms with Gasteiger partial charge in [-0.05, 0) is 19.8 Å². The second kappa shape index (κ2) is 7.61. The molecule has 0 aliphatic carbocycles. The number of ketones is 2. The van der Waals surface area contributed by atoms with E-state index in [0.717, 1.165) is 6.42 Å². The lowest BCUT2D eigenvalue weighted by Gasteiger charge is -2.20. The molecule has 0 saturated heterocycles. The Morgan fingerprint density at radius 3 is 2.13 bits per heavy atom. The number of unbranched alkanes of at least 4 members (excludes halogenated alkanes) is 2. The van der Waals surface area contributed by atoms with Crippen LogP contribution in [-0.4, -0.2) is 11.6 Å². The third-order valence-electron chi connectivity index (χ3n) is 2.98. The first kappa shape index (κ1) is 14.3. The van der Waals surface area contributed by atoms with E-state index in [1.54, 1.807) is 13.8 Å². The lowest BCUT2D eigenvalue weighted by atomic mass is 9.83. The molecule has 0 aromatic rings. The zero-order valence-corrected chi connectivity index (χ0v) is 10.5. The zero-order chi connectivity index (χ0) is 11.8. The van der Waals surface area contributed by atoms with Crippen molar-refractivity contribution in [2.24, 2.45) is 11.8 Å². The Morgan fingerprint density at radius 1 is 1.13 bits per heavy atom. The maximum atomic E-state index is 11.4. The topological polar surface area (TPSA) is 34.1 Å². The zero-order valence-electron chi connectivity index (χ0n) is 10.5. The number of rotatable bonds is 8. The first-order valence-corrected chi connectivity index (χ1v) is 5.98. The monoisotopic (exact) mass is 212 g/mol. The molecule has 0 aliphatic rings. The first-order valence-electron chi connectivity index (χ1n) is 5.98. The van der Waals surface area contributed by atoms with Gasteiger partial charge in [0.15, 0.2) is 0 Å². The van der Waals surface area contributed by atoms with Crippen LogP contribution in [0.5, 0.6) is 0 Å². The molecule has 0 rings (SSSR count). The highest BCUT2D eigenvalue weighted by Gasteiger charge is 2.22. The van der Waals surface area contributed by atoms with Crippen molar-refractivity contribution in [3.63, 3.8) is 0 Å². The molecule has 2 heteroatoms. The number of hydrogen-bond acceptors (Lipinski definition) is 2. The first-order chi connectivity index (χ1) is 6.99. The van der Waals surface area contributed by atoms with Gasteiger partial charge in [0.2, 0.25) is 0 Å². The molecule has 88 valence electrons. The lowest BCUT2D eigenvalue weighted by molar-refractivity contribution is -0.127. The maximum Gasteiger partial charge on any atom is 0.133 e. The van der Waals surface area contributed by atoms with E-state index in [1.165, 1.54) is 19.3 Å². The van der Waals surface area contributed by atoms with Gasteiger partial charge in [-0.25, -0.2) is 0 Å². The van der Waals surface area contributed by atoms with Gasteiger partial charge in [-0.2, -0.15) is 0 Å². The highest BCUT2D eigenvalue weighted by molar-refractivity contribution is 5.85. The second-order valence-electron chi connectivity index (χ2n) is 4.60. The quantitative estimate of drug-likeness (QED) is 0.578. The molecule has 15 heavy (non-hydrogen) atoms. The van der Waals surface area contributed by atoms with Gasteiger partial charge in [0.1, 0.15) is 11.6 Å². The molecule has 0 aliphatic heterocycles. The van der Waals surface area contributed by atoms with Crippen LogP contribution < -0.4 is 0 Å². The number of carbonyl (C=O) groups excluding carboxylic acids is 2. The molecule has 0 aromatic heterocycles. The van der Waals surface area contributed by atoms with Gasteiger partial charge in [0.05, 0.1) is 0 Å². The van der Waals surface area contributed by atoms with Gasteiger partial charge in [-0.15, -0.1) is 0 Å². The average Bonchev–Trinajstić information content (AvgIpc) is 2.13. The highest BCUT2D eigenvalue weighted by atomic mass is 16.1. The predicted molar refractivity (Wildman–Crippen MR) is 62.8 cm³/mol. The maximum absolute atomic E-state index is 11.4. The van der Waals surface area contributed by atoms with Crippen LogP contribution in [0, 0.1) is 11.8 Å². The minimum atomic E-state index is -0.0562. The Balaban J connectivity index is 4.10. The van der Waals surface area contributed by atoms with Crippen LogP contribution in [0.4, 0.5) is 0 Å². The largest absolute Gasteiger partial charge is 0.300 e. The summed E-state index contributed by atoms with van der Waals surface area (Å²) in [6.45, 7) is 7.42. The van der Waals surface area contributed by atoms with Crippen LogP contribution in [0.2, 0.25) is 0 Å². The Labute approximate surface area is 93.4 Å². The van der Waals surface area contributed by atoms with E-state index in [0.29, 0.717) is 12.3 Å². The highest BCUT2D eigenvalue weighted by Crippen LogP contribution is 2.23. The summed E-state index contributed by atoms with van der Waals surface area (Å²) in [5, 5.41) is 0. The SMILES string of the molecule is CCCCCC(C)C(CC(C)=O)C(C)=O. The molecule has 2 unspecified atom stereocenters. The fourth-order valence-corrected chi connectivity index (χ4v) is 1.97. The van der Waals surface area contributed by atoms with E-state index in [1.807, 2.05) is 0 Å². The van der Waals surface area contributed by atoms with Crippen LogP contribution >= 0.6 is 0 Å². The van der Waals surface area contributed by atoms with Crippen LogP contribution in [-0.2, 0) is 9.59 Å². The van der Waals surface area contributed by atoms with Crippen molar-refractivity contribution >= 4 is 11.6 Å². The Hall–Kier alpha value is -0.660. The summed E-state index contributed by atoms with van der Waals surface area (Å²) in [5.74, 6) is 0.573. The van der Waals surface area contributed by atoms with Crippen molar-refractivity contribution in [1.82, 2.24) is 0 Å². The van der Waals surface area contributed by atoms with E-state index in [2.05, 4.69) is 13.8 Å². The molecular formula is C13H24O2. The Bertz CT molecular complexity index is 209. The van der Waals surface area contributed by atoms with Crippen LogP contribution in [0.15, 0.2) is 0 Å². The third-order valence-corrected chi connectivity index (χ3v) is 2.98. The third kappa shape index (κ3) is 6.43. The molecule has 2 atom stereocenters. The fraction of sp³-hybridized carbons (Fsp3) is 0.846. The number of hydrogen-bond donors (Lipinski definition) is 0. The molecule has 0 amide bonds. The van der Waals surface area contributed by atoms with Crippen LogP contribution in [0.25, 0.3) is 0 Å². The second-order valence-corrected chi connectivity index (χ2v) is 4.60. The summed E-state index contributed by atoms with van der Waals surface area (Å²) in [6, 6.07) is 0. The van der Waals surface area contributed by atoms with Crippen molar-refractivity contribution in [2.45, 2.75) is 59.8 Å². The molecule has 0 saturated carbocycles. The van der Waals surface area contributed by atoms with Crippen molar-refractivity contribution in [1.29, 1.82) is 0 Å². The van der Waals surface area contributed by atoms with Gasteiger partial charge < -0.3 is 4.79 Å². The molecule has 0 aromatic carbocycles. The number of Topliss-reactive ketones (excluding diaryl/α,β-unsaturated/α-hetero) is 2. The van der Waals surface area contributed by atoms with Crippen LogP contribution in [0.1, 0.15) is 59.8 Å². The molecule has 0 heterocycles. The molecule has 0 N–H and O–H groups in total. The molecule has 0 spiro atoms. The summed E-state index contributed by atoms with van der Waals surface area (Å²) < 4.78 is 0.